The van der Waals surface area contributed by atoms with Gasteiger partial charge in [-0.25, -0.2) is 0 Å². The molecule has 0 radical (unpaired) electrons. The lowest BCUT2D eigenvalue weighted by Crippen LogP contribution is -2.24. The number of benzene rings is 1. The predicted octanol–water partition coefficient (Wildman–Crippen LogP) is 0.801. The molecule has 1 aliphatic heterocycles. The van der Waals surface area contributed by atoms with Crippen LogP contribution in [0.3, 0.4) is 0 Å². The van der Waals surface area contributed by atoms with Crippen LogP contribution in [0.5, 0.6) is 0 Å². The second kappa shape index (κ2) is 5.99. The van der Waals surface area contributed by atoms with E-state index in [1.165, 1.54) is 0 Å². The standard InChI is InChI=1S/C13H18ClNO3/c14-10-3-1-2-9(6-10)11(16)4-5-15-7-12(17)13(18)8-15/h1-3,6,11-13,16-18H,4-5,7-8H2. The molecule has 0 spiro atoms. The normalized spacial score (nSPS) is 26.4. The molecular weight excluding hydrogens is 254 g/mol. The Bertz CT molecular complexity index is 392. The van der Waals surface area contributed by atoms with Crippen molar-refractivity contribution in [3.05, 3.63) is 34.9 Å². The predicted molar refractivity (Wildman–Crippen MR) is 69.5 cm³/mol. The molecule has 0 aromatic heterocycles. The van der Waals surface area contributed by atoms with E-state index in [9.17, 15) is 15.3 Å². The molecule has 2 rings (SSSR count). The van der Waals surface area contributed by atoms with Gasteiger partial charge in [-0.2, -0.15) is 0 Å². The van der Waals surface area contributed by atoms with Crippen LogP contribution >= 0.6 is 11.6 Å². The van der Waals surface area contributed by atoms with Gasteiger partial charge in [0.1, 0.15) is 0 Å². The minimum absolute atomic E-state index is 0.462. The maximum absolute atomic E-state index is 10.0. The molecule has 3 atom stereocenters. The highest BCUT2D eigenvalue weighted by Gasteiger charge is 2.29. The molecule has 3 unspecified atom stereocenters. The lowest BCUT2D eigenvalue weighted by molar-refractivity contribution is 0.0572. The first-order valence-electron chi connectivity index (χ1n) is 6.08. The van der Waals surface area contributed by atoms with Crippen molar-refractivity contribution in [2.75, 3.05) is 19.6 Å². The summed E-state index contributed by atoms with van der Waals surface area (Å²) in [5.41, 5.74) is 0.794. The van der Waals surface area contributed by atoms with E-state index in [1.54, 1.807) is 12.1 Å². The maximum Gasteiger partial charge on any atom is 0.0938 e. The second-order valence-electron chi connectivity index (χ2n) is 4.75. The molecule has 18 heavy (non-hydrogen) atoms. The van der Waals surface area contributed by atoms with Crippen LogP contribution in [0.4, 0.5) is 0 Å². The summed E-state index contributed by atoms with van der Waals surface area (Å²) in [6.45, 7) is 1.56. The number of hydrogen-bond acceptors (Lipinski definition) is 4. The smallest absolute Gasteiger partial charge is 0.0938 e. The Morgan fingerprint density at radius 1 is 1.28 bits per heavy atom. The van der Waals surface area contributed by atoms with Gasteiger partial charge >= 0.3 is 0 Å². The van der Waals surface area contributed by atoms with Crippen molar-refractivity contribution in [2.45, 2.75) is 24.7 Å². The zero-order valence-electron chi connectivity index (χ0n) is 10.0. The zero-order chi connectivity index (χ0) is 13.1. The van der Waals surface area contributed by atoms with Gasteiger partial charge in [-0.05, 0) is 24.1 Å². The molecule has 100 valence electrons. The number of aliphatic hydroxyl groups excluding tert-OH is 3. The molecule has 1 aliphatic rings. The zero-order valence-corrected chi connectivity index (χ0v) is 10.8. The van der Waals surface area contributed by atoms with E-state index < -0.39 is 18.3 Å². The van der Waals surface area contributed by atoms with E-state index in [4.69, 9.17) is 11.6 Å². The summed E-state index contributed by atoms with van der Waals surface area (Å²) in [5.74, 6) is 0. The average molecular weight is 272 g/mol. The highest BCUT2D eigenvalue weighted by atomic mass is 35.5. The second-order valence-corrected chi connectivity index (χ2v) is 5.19. The number of aliphatic hydroxyl groups is 3. The number of rotatable bonds is 4. The van der Waals surface area contributed by atoms with E-state index in [0.717, 1.165) is 5.56 Å². The summed E-state index contributed by atoms with van der Waals surface area (Å²) >= 11 is 5.87. The topological polar surface area (TPSA) is 63.9 Å². The first-order chi connectivity index (χ1) is 8.56. The maximum atomic E-state index is 10.0. The van der Waals surface area contributed by atoms with Gasteiger partial charge in [-0.15, -0.1) is 0 Å². The fourth-order valence-corrected chi connectivity index (χ4v) is 2.41. The SMILES string of the molecule is OC(CCN1CC(O)C(O)C1)c1cccc(Cl)c1. The van der Waals surface area contributed by atoms with Gasteiger partial charge in [-0.1, -0.05) is 23.7 Å². The molecular formula is C13H18ClNO3. The van der Waals surface area contributed by atoms with Crippen molar-refractivity contribution in [1.82, 2.24) is 4.90 Å². The Morgan fingerprint density at radius 3 is 2.56 bits per heavy atom. The van der Waals surface area contributed by atoms with Crippen molar-refractivity contribution in [1.29, 1.82) is 0 Å². The van der Waals surface area contributed by atoms with Crippen LogP contribution in [0.2, 0.25) is 5.02 Å². The third-order valence-electron chi connectivity index (χ3n) is 3.29. The Kier molecular flexibility index (Phi) is 4.59. The Morgan fingerprint density at radius 2 is 1.94 bits per heavy atom. The molecule has 1 heterocycles. The lowest BCUT2D eigenvalue weighted by atomic mass is 10.1. The van der Waals surface area contributed by atoms with Gasteiger partial charge in [0, 0.05) is 24.7 Å². The molecule has 1 aromatic rings. The van der Waals surface area contributed by atoms with Gasteiger partial charge in [-0.3, -0.25) is 4.90 Å². The number of β-amino-alcohol motifs (C(OH)–C–C–N with tert-alkyl or cyclic N) is 2. The molecule has 1 fully saturated rings. The van der Waals surface area contributed by atoms with Crippen molar-refractivity contribution in [3.63, 3.8) is 0 Å². The number of halogens is 1. The quantitative estimate of drug-likeness (QED) is 0.758. The minimum atomic E-state index is -0.673. The van der Waals surface area contributed by atoms with Crippen LogP contribution in [0, 0.1) is 0 Å². The third-order valence-corrected chi connectivity index (χ3v) is 3.52. The highest BCUT2D eigenvalue weighted by Crippen LogP contribution is 2.21. The first kappa shape index (κ1) is 13.8. The minimum Gasteiger partial charge on any atom is -0.389 e. The van der Waals surface area contributed by atoms with E-state index in [-0.39, 0.29) is 0 Å². The van der Waals surface area contributed by atoms with E-state index in [1.807, 2.05) is 17.0 Å². The fraction of sp³-hybridized carbons (Fsp3) is 0.538. The van der Waals surface area contributed by atoms with Crippen LogP contribution < -0.4 is 0 Å². The molecule has 1 saturated heterocycles. The molecule has 5 heteroatoms. The fourth-order valence-electron chi connectivity index (χ4n) is 2.21. The van der Waals surface area contributed by atoms with Crippen molar-refractivity contribution in [3.8, 4) is 0 Å². The Balaban J connectivity index is 1.83. The number of likely N-dealkylation sites (tertiary alicyclic amines) is 1. The monoisotopic (exact) mass is 271 g/mol. The van der Waals surface area contributed by atoms with Crippen LogP contribution in [0.1, 0.15) is 18.1 Å². The molecule has 4 nitrogen and oxygen atoms in total. The third kappa shape index (κ3) is 3.43. The molecule has 0 saturated carbocycles. The summed E-state index contributed by atoms with van der Waals surface area (Å²) in [6, 6.07) is 7.17. The average Bonchev–Trinajstić information content (AvgIpc) is 2.66. The highest BCUT2D eigenvalue weighted by molar-refractivity contribution is 6.30. The lowest BCUT2D eigenvalue weighted by Gasteiger charge is -2.17. The summed E-state index contributed by atoms with van der Waals surface area (Å²) in [5, 5.41) is 29.5. The summed E-state index contributed by atoms with van der Waals surface area (Å²) in [4.78, 5) is 1.95. The van der Waals surface area contributed by atoms with E-state index in [2.05, 4.69) is 0 Å². The van der Waals surface area contributed by atoms with Crippen molar-refractivity contribution < 1.29 is 15.3 Å². The van der Waals surface area contributed by atoms with Gasteiger partial charge in [0.25, 0.3) is 0 Å². The van der Waals surface area contributed by atoms with Crippen LogP contribution in [-0.4, -0.2) is 52.1 Å². The summed E-state index contributed by atoms with van der Waals surface area (Å²) in [7, 11) is 0. The van der Waals surface area contributed by atoms with Gasteiger partial charge in [0.15, 0.2) is 0 Å². The summed E-state index contributed by atoms with van der Waals surface area (Å²) in [6.07, 6.45) is -1.36. The van der Waals surface area contributed by atoms with Crippen LogP contribution in [0.25, 0.3) is 0 Å². The summed E-state index contributed by atoms with van der Waals surface area (Å²) < 4.78 is 0. The largest absolute Gasteiger partial charge is 0.389 e. The van der Waals surface area contributed by atoms with Crippen molar-refractivity contribution >= 4 is 11.6 Å². The molecule has 1 aromatic carbocycles. The first-order valence-corrected chi connectivity index (χ1v) is 6.46. The number of nitrogens with zero attached hydrogens (tertiary/aromatic N) is 1. The van der Waals surface area contributed by atoms with Crippen molar-refractivity contribution in [2.24, 2.45) is 0 Å². The van der Waals surface area contributed by atoms with Gasteiger partial charge < -0.3 is 15.3 Å². The molecule has 0 aliphatic carbocycles. The molecule has 0 bridgehead atoms. The Hall–Kier alpha value is -0.650. The molecule has 0 amide bonds. The number of hydrogen-bond donors (Lipinski definition) is 3. The van der Waals surface area contributed by atoms with Gasteiger partial charge in [0.05, 0.1) is 18.3 Å². The molecule has 3 N–H and O–H groups in total. The van der Waals surface area contributed by atoms with E-state index >= 15 is 0 Å². The van der Waals surface area contributed by atoms with Crippen LogP contribution in [-0.2, 0) is 0 Å². The van der Waals surface area contributed by atoms with Crippen LogP contribution in [0.15, 0.2) is 24.3 Å². The Labute approximate surface area is 111 Å². The van der Waals surface area contributed by atoms with Gasteiger partial charge in [0.2, 0.25) is 0 Å². The van der Waals surface area contributed by atoms with E-state index in [0.29, 0.717) is 31.1 Å².